The molecule has 0 spiro atoms. The minimum atomic E-state index is -1.34. The largest absolute Gasteiger partial charge is 0.497 e. The Morgan fingerprint density at radius 2 is 2.10 bits per heavy atom. The number of nitrogens with one attached hydrogen (secondary N) is 2. The number of hydrogen-bond acceptors (Lipinski definition) is 6. The summed E-state index contributed by atoms with van der Waals surface area (Å²) in [5, 5.41) is 11.6. The summed E-state index contributed by atoms with van der Waals surface area (Å²) in [7, 11) is 3.02. The molecule has 21 heavy (non-hydrogen) atoms. The van der Waals surface area contributed by atoms with E-state index in [1.807, 2.05) is 0 Å². The molecular weight excluding hydrogens is 278 g/mol. The molecule has 8 nitrogen and oxygen atoms in total. The van der Waals surface area contributed by atoms with Gasteiger partial charge in [0.2, 0.25) is 5.95 Å². The van der Waals surface area contributed by atoms with Crippen LogP contribution in [0.3, 0.4) is 0 Å². The molecule has 2 rings (SSSR count). The highest BCUT2D eigenvalue weighted by Crippen LogP contribution is 2.30. The van der Waals surface area contributed by atoms with Gasteiger partial charge in [0.15, 0.2) is 0 Å². The summed E-state index contributed by atoms with van der Waals surface area (Å²) >= 11 is 0. The van der Waals surface area contributed by atoms with Crippen LogP contribution < -0.4 is 20.3 Å². The highest BCUT2D eigenvalue weighted by atomic mass is 16.5. The second-order valence-electron chi connectivity index (χ2n) is 3.97. The fourth-order valence-electron chi connectivity index (χ4n) is 1.65. The second-order valence-corrected chi connectivity index (χ2v) is 3.97. The lowest BCUT2D eigenvalue weighted by molar-refractivity contribution is 0.0694. The molecule has 0 aliphatic rings. The van der Waals surface area contributed by atoms with Gasteiger partial charge in [-0.25, -0.2) is 9.78 Å². The second kappa shape index (κ2) is 5.95. The van der Waals surface area contributed by atoms with Gasteiger partial charge in [0.1, 0.15) is 17.1 Å². The average molecular weight is 291 g/mol. The molecule has 0 atom stereocenters. The Kier molecular flexibility index (Phi) is 4.07. The smallest absolute Gasteiger partial charge is 0.342 e. The van der Waals surface area contributed by atoms with Crippen LogP contribution in [0.15, 0.2) is 29.2 Å². The average Bonchev–Trinajstić information content (AvgIpc) is 2.46. The Balaban J connectivity index is 2.35. The molecular formula is C13H13N3O5. The van der Waals surface area contributed by atoms with Crippen molar-refractivity contribution < 1.29 is 19.4 Å². The van der Waals surface area contributed by atoms with Crippen molar-refractivity contribution in [2.24, 2.45) is 0 Å². The monoisotopic (exact) mass is 291 g/mol. The Bertz CT molecular complexity index is 726. The molecule has 0 saturated carbocycles. The number of carboxylic acids is 1. The van der Waals surface area contributed by atoms with E-state index in [1.165, 1.54) is 14.2 Å². The van der Waals surface area contributed by atoms with Crippen molar-refractivity contribution >= 4 is 17.6 Å². The molecule has 0 bridgehead atoms. The van der Waals surface area contributed by atoms with Gasteiger partial charge < -0.3 is 19.9 Å². The summed E-state index contributed by atoms with van der Waals surface area (Å²) < 4.78 is 10.3. The Hall–Kier alpha value is -3.03. The zero-order valence-corrected chi connectivity index (χ0v) is 11.3. The molecule has 0 amide bonds. The van der Waals surface area contributed by atoms with Gasteiger partial charge in [0.25, 0.3) is 5.56 Å². The maximum absolute atomic E-state index is 11.6. The van der Waals surface area contributed by atoms with Crippen LogP contribution in [0, 0.1) is 0 Å². The van der Waals surface area contributed by atoms with Crippen LogP contribution in [0.1, 0.15) is 10.4 Å². The summed E-state index contributed by atoms with van der Waals surface area (Å²) in [6.07, 6.45) is 0.982. The number of rotatable bonds is 5. The number of H-pyrrole nitrogens is 1. The van der Waals surface area contributed by atoms with E-state index in [4.69, 9.17) is 14.6 Å². The first-order chi connectivity index (χ1) is 10.0. The molecule has 110 valence electrons. The van der Waals surface area contributed by atoms with Crippen LogP contribution in [0.4, 0.5) is 11.6 Å². The van der Waals surface area contributed by atoms with Gasteiger partial charge in [0.05, 0.1) is 26.1 Å². The fraction of sp³-hybridized carbons (Fsp3) is 0.154. The van der Waals surface area contributed by atoms with E-state index >= 15 is 0 Å². The van der Waals surface area contributed by atoms with Gasteiger partial charge in [-0.2, -0.15) is 0 Å². The van der Waals surface area contributed by atoms with Gasteiger partial charge in [-0.3, -0.25) is 9.78 Å². The molecule has 0 aliphatic carbocycles. The molecule has 0 saturated heterocycles. The molecule has 0 radical (unpaired) electrons. The number of aromatic nitrogens is 2. The van der Waals surface area contributed by atoms with Crippen molar-refractivity contribution in [3.63, 3.8) is 0 Å². The van der Waals surface area contributed by atoms with E-state index in [-0.39, 0.29) is 5.95 Å². The number of hydrogen-bond donors (Lipinski definition) is 3. The maximum atomic E-state index is 11.6. The first-order valence-corrected chi connectivity index (χ1v) is 5.87. The number of methoxy groups -OCH3 is 2. The van der Waals surface area contributed by atoms with Crippen molar-refractivity contribution in [2.75, 3.05) is 19.5 Å². The number of nitrogens with zero attached hydrogens (tertiary/aromatic N) is 1. The Labute approximate surface area is 119 Å². The first-order valence-electron chi connectivity index (χ1n) is 5.87. The van der Waals surface area contributed by atoms with Crippen molar-refractivity contribution in [3.05, 3.63) is 40.3 Å². The standard InChI is InChI=1S/C13H13N3O5/c1-20-7-3-4-10(21-2)9(5-7)15-13-14-6-8(12(18)19)11(17)16-13/h3-6H,1-2H3,(H,18,19)(H2,14,15,16,17). The van der Waals surface area contributed by atoms with E-state index in [2.05, 4.69) is 15.3 Å². The molecule has 1 aromatic carbocycles. The topological polar surface area (TPSA) is 114 Å². The van der Waals surface area contributed by atoms with Gasteiger partial charge >= 0.3 is 5.97 Å². The minimum Gasteiger partial charge on any atom is -0.497 e. The van der Waals surface area contributed by atoms with Gasteiger partial charge in [-0.05, 0) is 12.1 Å². The summed E-state index contributed by atoms with van der Waals surface area (Å²) in [5.41, 5.74) is -0.664. The third-order valence-corrected chi connectivity index (χ3v) is 2.69. The third kappa shape index (κ3) is 3.11. The van der Waals surface area contributed by atoms with E-state index < -0.39 is 17.1 Å². The summed E-state index contributed by atoms with van der Waals surface area (Å²) in [5.74, 6) is -0.144. The Morgan fingerprint density at radius 3 is 2.67 bits per heavy atom. The Morgan fingerprint density at radius 1 is 1.33 bits per heavy atom. The summed E-state index contributed by atoms with van der Waals surface area (Å²) in [4.78, 5) is 28.5. The number of benzene rings is 1. The molecule has 3 N–H and O–H groups in total. The van der Waals surface area contributed by atoms with Crippen molar-refractivity contribution in [1.82, 2.24) is 9.97 Å². The summed E-state index contributed by atoms with van der Waals surface area (Å²) in [6.45, 7) is 0. The normalized spacial score (nSPS) is 10.0. The van der Waals surface area contributed by atoms with E-state index in [1.54, 1.807) is 18.2 Å². The number of anilines is 2. The lowest BCUT2D eigenvalue weighted by Crippen LogP contribution is -2.19. The van der Waals surface area contributed by atoms with Gasteiger partial charge in [0, 0.05) is 6.07 Å². The highest BCUT2D eigenvalue weighted by molar-refractivity contribution is 5.86. The number of ether oxygens (including phenoxy) is 2. The number of aromatic amines is 1. The van der Waals surface area contributed by atoms with E-state index in [0.717, 1.165) is 6.20 Å². The molecule has 1 heterocycles. The van der Waals surface area contributed by atoms with E-state index in [9.17, 15) is 9.59 Å². The maximum Gasteiger partial charge on any atom is 0.342 e. The predicted octanol–water partition coefficient (Wildman–Crippen LogP) is 1.23. The van der Waals surface area contributed by atoms with Crippen molar-refractivity contribution in [1.29, 1.82) is 0 Å². The molecule has 2 aromatic rings. The zero-order valence-electron chi connectivity index (χ0n) is 11.3. The molecule has 0 fully saturated rings. The lowest BCUT2D eigenvalue weighted by atomic mass is 10.2. The third-order valence-electron chi connectivity index (χ3n) is 2.69. The van der Waals surface area contributed by atoms with Crippen LogP contribution >= 0.6 is 0 Å². The number of aromatic carboxylic acids is 1. The molecule has 0 unspecified atom stereocenters. The first kappa shape index (κ1) is 14.4. The summed E-state index contributed by atoms with van der Waals surface area (Å²) in [6, 6.07) is 5.06. The molecule has 1 aromatic heterocycles. The molecule has 8 heteroatoms. The minimum absolute atomic E-state index is 0.0940. The number of carbonyl (C=O) groups is 1. The van der Waals surface area contributed by atoms with Gasteiger partial charge in [-0.15, -0.1) is 0 Å². The lowest BCUT2D eigenvalue weighted by Gasteiger charge is -2.11. The van der Waals surface area contributed by atoms with Gasteiger partial charge in [-0.1, -0.05) is 0 Å². The highest BCUT2D eigenvalue weighted by Gasteiger charge is 2.11. The fourth-order valence-corrected chi connectivity index (χ4v) is 1.65. The van der Waals surface area contributed by atoms with Crippen LogP contribution in [0.5, 0.6) is 11.5 Å². The van der Waals surface area contributed by atoms with Crippen LogP contribution in [-0.2, 0) is 0 Å². The van der Waals surface area contributed by atoms with Crippen LogP contribution in [0.25, 0.3) is 0 Å². The number of carboxylic acid groups (broad SMARTS) is 1. The quantitative estimate of drug-likeness (QED) is 0.759. The van der Waals surface area contributed by atoms with Crippen molar-refractivity contribution in [3.8, 4) is 11.5 Å². The predicted molar refractivity (Wildman–Crippen MR) is 74.6 cm³/mol. The van der Waals surface area contributed by atoms with Crippen LogP contribution in [-0.4, -0.2) is 35.3 Å². The van der Waals surface area contributed by atoms with Crippen LogP contribution in [0.2, 0.25) is 0 Å². The molecule has 0 aliphatic heterocycles. The van der Waals surface area contributed by atoms with E-state index in [0.29, 0.717) is 17.2 Å². The zero-order chi connectivity index (χ0) is 15.4. The SMILES string of the molecule is COc1ccc(OC)c(Nc2ncc(C(=O)O)c(=O)[nH]2)c1. The van der Waals surface area contributed by atoms with Crippen molar-refractivity contribution in [2.45, 2.75) is 0 Å².